The van der Waals surface area contributed by atoms with Gasteiger partial charge >= 0.3 is 0 Å². The molecule has 0 radical (unpaired) electrons. The largest absolute Gasteiger partial charge is 0.314 e. The van der Waals surface area contributed by atoms with Crippen molar-refractivity contribution < 1.29 is 0 Å². The van der Waals surface area contributed by atoms with E-state index in [0.29, 0.717) is 6.04 Å². The lowest BCUT2D eigenvalue weighted by Crippen LogP contribution is -2.45. The van der Waals surface area contributed by atoms with Crippen molar-refractivity contribution in [3.8, 4) is 0 Å². The van der Waals surface area contributed by atoms with E-state index in [4.69, 9.17) is 0 Å². The molecule has 2 heterocycles. The predicted molar refractivity (Wildman–Crippen MR) is 70.9 cm³/mol. The second-order valence-electron chi connectivity index (χ2n) is 5.48. The van der Waals surface area contributed by atoms with Gasteiger partial charge in [0.2, 0.25) is 0 Å². The van der Waals surface area contributed by atoms with E-state index in [9.17, 15) is 0 Å². The van der Waals surface area contributed by atoms with E-state index in [2.05, 4.69) is 47.5 Å². The van der Waals surface area contributed by atoms with Crippen LogP contribution < -0.4 is 5.32 Å². The van der Waals surface area contributed by atoms with E-state index in [1.807, 2.05) is 0 Å². The molecule has 0 aromatic heterocycles. The molecular weight excluding hydrogens is 208 g/mol. The Balaban J connectivity index is 1.69. The maximum Gasteiger partial charge on any atom is 0.0320 e. The van der Waals surface area contributed by atoms with Crippen LogP contribution >= 0.6 is 0 Å². The lowest BCUT2D eigenvalue weighted by molar-refractivity contribution is 0.122. The number of nitrogens with one attached hydrogen (secondary N) is 1. The van der Waals surface area contributed by atoms with Crippen LogP contribution in [-0.4, -0.2) is 30.6 Å². The highest BCUT2D eigenvalue weighted by molar-refractivity contribution is 5.18. The molecule has 2 saturated heterocycles. The van der Waals surface area contributed by atoms with E-state index in [1.54, 1.807) is 0 Å². The summed E-state index contributed by atoms with van der Waals surface area (Å²) in [7, 11) is 0. The SMILES string of the molecule is CC(c1ccccc1)N1CCC2NCCC2C1. The topological polar surface area (TPSA) is 15.3 Å². The Hall–Kier alpha value is -0.860. The zero-order chi connectivity index (χ0) is 11.7. The van der Waals surface area contributed by atoms with Gasteiger partial charge in [-0.1, -0.05) is 30.3 Å². The van der Waals surface area contributed by atoms with Gasteiger partial charge in [-0.15, -0.1) is 0 Å². The standard InChI is InChI=1S/C15H22N2/c1-12(13-5-3-2-4-6-13)17-10-8-15-14(11-17)7-9-16-15/h2-6,12,14-16H,7-11H2,1H3. The Labute approximate surface area is 104 Å². The van der Waals surface area contributed by atoms with Crippen molar-refractivity contribution in [3.63, 3.8) is 0 Å². The molecule has 2 heteroatoms. The lowest BCUT2D eigenvalue weighted by atomic mass is 9.91. The second kappa shape index (κ2) is 4.79. The second-order valence-corrected chi connectivity index (χ2v) is 5.48. The smallest absolute Gasteiger partial charge is 0.0320 e. The third-order valence-electron chi connectivity index (χ3n) is 4.52. The fraction of sp³-hybridized carbons (Fsp3) is 0.600. The van der Waals surface area contributed by atoms with E-state index < -0.39 is 0 Å². The Kier molecular flexibility index (Phi) is 3.17. The molecule has 0 amide bonds. The first-order valence-electron chi connectivity index (χ1n) is 6.87. The average molecular weight is 230 g/mol. The molecule has 2 fully saturated rings. The van der Waals surface area contributed by atoms with Crippen LogP contribution in [0.1, 0.15) is 31.4 Å². The van der Waals surface area contributed by atoms with E-state index in [1.165, 1.54) is 38.0 Å². The molecule has 2 nitrogen and oxygen atoms in total. The van der Waals surface area contributed by atoms with E-state index >= 15 is 0 Å². The van der Waals surface area contributed by atoms with Crippen LogP contribution in [0, 0.1) is 5.92 Å². The fourth-order valence-corrected chi connectivity index (χ4v) is 3.37. The summed E-state index contributed by atoms with van der Waals surface area (Å²) in [6.45, 7) is 6.08. The van der Waals surface area contributed by atoms with Crippen LogP contribution in [0.4, 0.5) is 0 Å². The highest BCUT2D eigenvalue weighted by atomic mass is 15.2. The summed E-state index contributed by atoms with van der Waals surface area (Å²) >= 11 is 0. The lowest BCUT2D eigenvalue weighted by Gasteiger charge is -2.38. The van der Waals surface area contributed by atoms with Crippen LogP contribution in [0.15, 0.2) is 30.3 Å². The van der Waals surface area contributed by atoms with Gasteiger partial charge in [-0.25, -0.2) is 0 Å². The summed E-state index contributed by atoms with van der Waals surface area (Å²) in [6, 6.07) is 12.3. The van der Waals surface area contributed by atoms with Gasteiger partial charge in [0.15, 0.2) is 0 Å². The van der Waals surface area contributed by atoms with Crippen molar-refractivity contribution in [2.45, 2.75) is 31.8 Å². The molecule has 1 aromatic carbocycles. The van der Waals surface area contributed by atoms with Gasteiger partial charge in [0.25, 0.3) is 0 Å². The first-order chi connectivity index (χ1) is 8.34. The van der Waals surface area contributed by atoms with Gasteiger partial charge in [0, 0.05) is 25.2 Å². The number of rotatable bonds is 2. The number of benzene rings is 1. The molecule has 0 saturated carbocycles. The van der Waals surface area contributed by atoms with Crippen LogP contribution in [-0.2, 0) is 0 Å². The molecule has 0 spiro atoms. The van der Waals surface area contributed by atoms with Crippen molar-refractivity contribution in [3.05, 3.63) is 35.9 Å². The maximum absolute atomic E-state index is 3.63. The summed E-state index contributed by atoms with van der Waals surface area (Å²) in [6.07, 6.45) is 2.69. The Bertz CT molecular complexity index is 362. The van der Waals surface area contributed by atoms with Crippen LogP contribution in [0.3, 0.4) is 0 Å². The van der Waals surface area contributed by atoms with E-state index in [0.717, 1.165) is 12.0 Å². The molecule has 0 aliphatic carbocycles. The minimum Gasteiger partial charge on any atom is -0.314 e. The van der Waals surface area contributed by atoms with Gasteiger partial charge in [-0.05, 0) is 37.8 Å². The molecule has 3 unspecified atom stereocenters. The van der Waals surface area contributed by atoms with Crippen molar-refractivity contribution in [1.82, 2.24) is 10.2 Å². The molecule has 0 bridgehead atoms. The molecule has 1 aromatic rings. The monoisotopic (exact) mass is 230 g/mol. The predicted octanol–water partition coefficient (Wildman–Crippen LogP) is 2.43. The van der Waals surface area contributed by atoms with Crippen molar-refractivity contribution in [2.75, 3.05) is 19.6 Å². The van der Waals surface area contributed by atoms with Crippen molar-refractivity contribution >= 4 is 0 Å². The molecule has 3 rings (SSSR count). The quantitative estimate of drug-likeness (QED) is 0.839. The zero-order valence-electron chi connectivity index (χ0n) is 10.6. The Morgan fingerprint density at radius 2 is 2.06 bits per heavy atom. The molecular formula is C15H22N2. The minimum atomic E-state index is 0.567. The Morgan fingerprint density at radius 3 is 2.88 bits per heavy atom. The number of fused-ring (bicyclic) bond motifs is 1. The summed E-state index contributed by atoms with van der Waals surface area (Å²) in [5, 5.41) is 3.63. The number of hydrogen-bond donors (Lipinski definition) is 1. The highest BCUT2D eigenvalue weighted by Gasteiger charge is 2.34. The number of likely N-dealkylation sites (tertiary alicyclic amines) is 1. The van der Waals surface area contributed by atoms with Crippen molar-refractivity contribution in [2.24, 2.45) is 5.92 Å². The first-order valence-corrected chi connectivity index (χ1v) is 6.87. The molecule has 1 N–H and O–H groups in total. The van der Waals surface area contributed by atoms with Gasteiger partial charge in [0.1, 0.15) is 0 Å². The van der Waals surface area contributed by atoms with Crippen LogP contribution in [0.2, 0.25) is 0 Å². The van der Waals surface area contributed by atoms with Crippen LogP contribution in [0.5, 0.6) is 0 Å². The molecule has 3 atom stereocenters. The molecule has 2 aliphatic rings. The average Bonchev–Trinajstić information content (AvgIpc) is 2.86. The summed E-state index contributed by atoms with van der Waals surface area (Å²) in [4.78, 5) is 2.66. The number of nitrogens with zero attached hydrogens (tertiary/aromatic N) is 1. The third-order valence-corrected chi connectivity index (χ3v) is 4.52. The Morgan fingerprint density at radius 1 is 1.24 bits per heavy atom. The summed E-state index contributed by atoms with van der Waals surface area (Å²) < 4.78 is 0. The normalized spacial score (nSPS) is 31.1. The fourth-order valence-electron chi connectivity index (χ4n) is 3.37. The molecule has 2 aliphatic heterocycles. The molecule has 92 valence electrons. The minimum absolute atomic E-state index is 0.567. The summed E-state index contributed by atoms with van der Waals surface area (Å²) in [5.41, 5.74) is 1.46. The van der Waals surface area contributed by atoms with Crippen molar-refractivity contribution in [1.29, 1.82) is 0 Å². The highest BCUT2D eigenvalue weighted by Crippen LogP contribution is 2.30. The zero-order valence-corrected chi connectivity index (χ0v) is 10.6. The maximum atomic E-state index is 3.63. The number of piperidine rings is 1. The van der Waals surface area contributed by atoms with Gasteiger partial charge in [-0.2, -0.15) is 0 Å². The van der Waals surface area contributed by atoms with E-state index in [-0.39, 0.29) is 0 Å². The van der Waals surface area contributed by atoms with Crippen LogP contribution in [0.25, 0.3) is 0 Å². The third kappa shape index (κ3) is 2.24. The van der Waals surface area contributed by atoms with Gasteiger partial charge in [-0.3, -0.25) is 4.90 Å². The van der Waals surface area contributed by atoms with Gasteiger partial charge in [0.05, 0.1) is 0 Å². The number of hydrogen-bond acceptors (Lipinski definition) is 2. The summed E-state index contributed by atoms with van der Waals surface area (Å²) in [5.74, 6) is 0.884. The van der Waals surface area contributed by atoms with Gasteiger partial charge < -0.3 is 5.32 Å². The molecule has 17 heavy (non-hydrogen) atoms. The first kappa shape index (κ1) is 11.2.